The Balaban J connectivity index is 2.05. The van der Waals surface area contributed by atoms with Crippen LogP contribution in [0.15, 0.2) is 18.2 Å². The first-order valence-corrected chi connectivity index (χ1v) is 8.38. The van der Waals surface area contributed by atoms with Gasteiger partial charge in [0.25, 0.3) is 5.91 Å². The number of anilines is 1. The summed E-state index contributed by atoms with van der Waals surface area (Å²) < 4.78 is 16.7. The van der Waals surface area contributed by atoms with Crippen LogP contribution in [0.25, 0.3) is 0 Å². The van der Waals surface area contributed by atoms with Crippen LogP contribution in [0.1, 0.15) is 5.56 Å². The van der Waals surface area contributed by atoms with Crippen LogP contribution in [0.2, 0.25) is 5.02 Å². The third-order valence-electron chi connectivity index (χ3n) is 2.89. The van der Waals surface area contributed by atoms with E-state index >= 15 is 0 Å². The first kappa shape index (κ1) is 15.4. The van der Waals surface area contributed by atoms with E-state index in [4.69, 9.17) is 16.3 Å². The monoisotopic (exact) mass is 316 g/mol. The van der Waals surface area contributed by atoms with Gasteiger partial charge in [-0.15, -0.1) is 0 Å². The number of benzene rings is 1. The van der Waals surface area contributed by atoms with Crippen LogP contribution in [0.3, 0.4) is 0 Å². The van der Waals surface area contributed by atoms with E-state index in [0.29, 0.717) is 29.6 Å². The molecule has 1 heterocycles. The molecule has 0 bridgehead atoms. The summed E-state index contributed by atoms with van der Waals surface area (Å²) in [5.41, 5.74) is 1.39. The molecule has 0 saturated carbocycles. The molecule has 7 heteroatoms. The maximum absolute atomic E-state index is 12.0. The summed E-state index contributed by atoms with van der Waals surface area (Å²) in [6.07, 6.45) is 1.13. The lowest BCUT2D eigenvalue weighted by Gasteiger charge is -2.22. The van der Waals surface area contributed by atoms with Gasteiger partial charge < -0.3 is 15.4 Å². The zero-order valence-electron chi connectivity index (χ0n) is 11.1. The Morgan fingerprint density at radius 1 is 1.60 bits per heavy atom. The van der Waals surface area contributed by atoms with Crippen molar-refractivity contribution in [2.45, 2.75) is 11.9 Å². The molecule has 1 fully saturated rings. The van der Waals surface area contributed by atoms with Crippen molar-refractivity contribution in [2.75, 3.05) is 31.3 Å². The molecule has 2 rings (SSSR count). The van der Waals surface area contributed by atoms with Gasteiger partial charge in [0.05, 0.1) is 6.61 Å². The minimum Gasteiger partial charge on any atom is -0.366 e. The minimum absolute atomic E-state index is 0.192. The molecule has 2 unspecified atom stereocenters. The Kier molecular flexibility index (Phi) is 5.54. The SMILES string of the molecule is CS(=O)Cc1cc(NC(=O)C2CNCCO2)ccc1Cl. The topological polar surface area (TPSA) is 67.4 Å². The Morgan fingerprint density at radius 2 is 2.40 bits per heavy atom. The van der Waals surface area contributed by atoms with Gasteiger partial charge in [0, 0.05) is 46.6 Å². The summed E-state index contributed by atoms with van der Waals surface area (Å²) in [5.74, 6) is 0.174. The molecule has 1 saturated heterocycles. The second-order valence-electron chi connectivity index (χ2n) is 4.58. The number of rotatable bonds is 4. The van der Waals surface area contributed by atoms with E-state index in [1.54, 1.807) is 24.5 Å². The Morgan fingerprint density at radius 3 is 3.05 bits per heavy atom. The third kappa shape index (κ3) is 4.28. The molecule has 1 aliphatic heterocycles. The van der Waals surface area contributed by atoms with Crippen LogP contribution in [0.4, 0.5) is 5.69 Å². The summed E-state index contributed by atoms with van der Waals surface area (Å²) in [5, 5.41) is 6.44. The Hall–Kier alpha value is -0.950. The zero-order chi connectivity index (χ0) is 14.5. The van der Waals surface area contributed by atoms with E-state index in [1.807, 2.05) is 0 Å². The normalized spacial score (nSPS) is 20.4. The van der Waals surface area contributed by atoms with E-state index in [9.17, 15) is 9.00 Å². The number of carbonyl (C=O) groups is 1. The predicted molar refractivity (Wildman–Crippen MR) is 80.5 cm³/mol. The number of nitrogens with one attached hydrogen (secondary N) is 2. The number of hydrogen-bond donors (Lipinski definition) is 2. The third-order valence-corrected chi connectivity index (χ3v) is 3.98. The zero-order valence-corrected chi connectivity index (χ0v) is 12.7. The smallest absolute Gasteiger partial charge is 0.254 e. The van der Waals surface area contributed by atoms with Gasteiger partial charge in [0.1, 0.15) is 6.10 Å². The Bertz CT molecular complexity index is 518. The molecule has 1 aromatic rings. The highest BCUT2D eigenvalue weighted by Crippen LogP contribution is 2.22. The molecule has 20 heavy (non-hydrogen) atoms. The molecule has 0 radical (unpaired) electrons. The predicted octanol–water partition coefficient (Wildman–Crippen LogP) is 1.15. The van der Waals surface area contributed by atoms with E-state index in [1.165, 1.54) is 0 Å². The fraction of sp³-hybridized carbons (Fsp3) is 0.462. The largest absolute Gasteiger partial charge is 0.366 e. The minimum atomic E-state index is -0.984. The fourth-order valence-electron chi connectivity index (χ4n) is 1.94. The molecule has 1 amide bonds. The van der Waals surface area contributed by atoms with E-state index in [0.717, 1.165) is 12.1 Å². The fourth-order valence-corrected chi connectivity index (χ4v) is 2.88. The number of halogens is 1. The van der Waals surface area contributed by atoms with Crippen LogP contribution in [0, 0.1) is 0 Å². The summed E-state index contributed by atoms with van der Waals surface area (Å²) >= 11 is 6.04. The van der Waals surface area contributed by atoms with Crippen molar-refractivity contribution >= 4 is 34.0 Å². The van der Waals surface area contributed by atoms with Crippen LogP contribution >= 0.6 is 11.6 Å². The molecule has 0 aromatic heterocycles. The van der Waals surface area contributed by atoms with E-state index < -0.39 is 16.9 Å². The number of morpholine rings is 1. The highest BCUT2D eigenvalue weighted by Gasteiger charge is 2.21. The van der Waals surface area contributed by atoms with Crippen molar-refractivity contribution in [3.05, 3.63) is 28.8 Å². The van der Waals surface area contributed by atoms with Crippen LogP contribution in [-0.4, -0.2) is 42.2 Å². The van der Waals surface area contributed by atoms with Gasteiger partial charge in [-0.05, 0) is 23.8 Å². The molecule has 1 aliphatic rings. The van der Waals surface area contributed by atoms with Gasteiger partial charge in [0.15, 0.2) is 0 Å². The van der Waals surface area contributed by atoms with Gasteiger partial charge in [-0.3, -0.25) is 9.00 Å². The quantitative estimate of drug-likeness (QED) is 0.874. The number of carbonyl (C=O) groups excluding carboxylic acids is 1. The Labute approximate surface area is 125 Å². The highest BCUT2D eigenvalue weighted by molar-refractivity contribution is 7.83. The summed E-state index contributed by atoms with van der Waals surface area (Å²) in [7, 11) is -0.984. The molecule has 2 atom stereocenters. The maximum Gasteiger partial charge on any atom is 0.254 e. The van der Waals surface area contributed by atoms with E-state index in [-0.39, 0.29) is 5.91 Å². The summed E-state index contributed by atoms with van der Waals surface area (Å²) in [6, 6.07) is 5.16. The molecule has 1 aromatic carbocycles. The van der Waals surface area contributed by atoms with Crippen molar-refractivity contribution < 1.29 is 13.7 Å². The second kappa shape index (κ2) is 7.17. The van der Waals surface area contributed by atoms with Crippen LogP contribution in [-0.2, 0) is 26.1 Å². The lowest BCUT2D eigenvalue weighted by Crippen LogP contribution is -2.45. The number of amides is 1. The van der Waals surface area contributed by atoms with Gasteiger partial charge in [-0.2, -0.15) is 0 Å². The van der Waals surface area contributed by atoms with E-state index in [2.05, 4.69) is 10.6 Å². The van der Waals surface area contributed by atoms with Crippen molar-refractivity contribution in [1.29, 1.82) is 0 Å². The molecule has 5 nitrogen and oxygen atoms in total. The average Bonchev–Trinajstić information content (AvgIpc) is 2.43. The summed E-state index contributed by atoms with van der Waals surface area (Å²) in [6.45, 7) is 1.79. The molecular formula is C13H17ClN2O3S. The highest BCUT2D eigenvalue weighted by atomic mass is 35.5. The van der Waals surface area contributed by atoms with Gasteiger partial charge in [-0.1, -0.05) is 11.6 Å². The van der Waals surface area contributed by atoms with Gasteiger partial charge >= 0.3 is 0 Å². The van der Waals surface area contributed by atoms with Gasteiger partial charge in [-0.25, -0.2) is 0 Å². The van der Waals surface area contributed by atoms with Crippen molar-refractivity contribution in [3.63, 3.8) is 0 Å². The molecule has 110 valence electrons. The molecule has 0 aliphatic carbocycles. The molecule has 2 N–H and O–H groups in total. The van der Waals surface area contributed by atoms with Crippen LogP contribution in [0.5, 0.6) is 0 Å². The molecule has 0 spiro atoms. The maximum atomic E-state index is 12.0. The van der Waals surface area contributed by atoms with Gasteiger partial charge in [0.2, 0.25) is 0 Å². The first-order chi connectivity index (χ1) is 9.56. The molecular weight excluding hydrogens is 300 g/mol. The lowest BCUT2D eigenvalue weighted by atomic mass is 10.2. The van der Waals surface area contributed by atoms with Crippen molar-refractivity contribution in [3.8, 4) is 0 Å². The standard InChI is InChI=1S/C13H17ClN2O3S/c1-20(18)8-9-6-10(2-3-11(9)14)16-13(17)12-7-15-4-5-19-12/h2-3,6,12,15H,4-5,7-8H2,1H3,(H,16,17). The first-order valence-electron chi connectivity index (χ1n) is 6.28. The lowest BCUT2D eigenvalue weighted by molar-refractivity contribution is -0.128. The number of hydrogen-bond acceptors (Lipinski definition) is 4. The van der Waals surface area contributed by atoms with Crippen molar-refractivity contribution in [1.82, 2.24) is 5.32 Å². The average molecular weight is 317 g/mol. The number of ether oxygens (including phenoxy) is 1. The van der Waals surface area contributed by atoms with Crippen LogP contribution < -0.4 is 10.6 Å². The van der Waals surface area contributed by atoms with Crippen molar-refractivity contribution in [2.24, 2.45) is 0 Å². The second-order valence-corrected chi connectivity index (χ2v) is 6.42. The summed E-state index contributed by atoms with van der Waals surface area (Å²) in [4.78, 5) is 12.0.